The van der Waals surface area contributed by atoms with Gasteiger partial charge in [-0.05, 0) is 97.5 Å². The summed E-state index contributed by atoms with van der Waals surface area (Å²) >= 11 is 0. The lowest BCUT2D eigenvalue weighted by molar-refractivity contribution is 0.669. The fraction of sp³-hybridized carbons (Fsp3) is 0. The van der Waals surface area contributed by atoms with Gasteiger partial charge in [0.15, 0.2) is 0 Å². The second-order valence-electron chi connectivity index (χ2n) is 12.9. The SMILES string of the molecule is c1ccc(N(c2ccc(-c3ccc4ccccc4c3)cc2)c2cccc3oc4ccccc4c23)c(-c2cc3ccccc3c3ccccc23)c1. The molecule has 2 nitrogen and oxygen atoms in total. The molecule has 10 aromatic rings. The maximum absolute atomic E-state index is 6.42. The minimum atomic E-state index is 0.870. The zero-order valence-electron chi connectivity index (χ0n) is 27.3. The highest BCUT2D eigenvalue weighted by atomic mass is 16.3. The van der Waals surface area contributed by atoms with E-state index in [0.29, 0.717) is 0 Å². The average Bonchev–Trinajstić information content (AvgIpc) is 3.58. The highest BCUT2D eigenvalue weighted by molar-refractivity contribution is 6.17. The number of hydrogen-bond acceptors (Lipinski definition) is 2. The molecule has 0 N–H and O–H groups in total. The Balaban J connectivity index is 1.22. The smallest absolute Gasteiger partial charge is 0.137 e. The van der Waals surface area contributed by atoms with Crippen molar-refractivity contribution in [3.05, 3.63) is 188 Å². The van der Waals surface area contributed by atoms with Gasteiger partial charge in [0.25, 0.3) is 0 Å². The summed E-state index contributed by atoms with van der Waals surface area (Å²) in [4.78, 5) is 2.41. The lowest BCUT2D eigenvalue weighted by atomic mass is 9.92. The molecular formula is C48H31NO. The first-order valence-electron chi connectivity index (χ1n) is 17.1. The van der Waals surface area contributed by atoms with Gasteiger partial charge in [0.2, 0.25) is 0 Å². The summed E-state index contributed by atoms with van der Waals surface area (Å²) in [6.45, 7) is 0. The molecule has 0 radical (unpaired) electrons. The summed E-state index contributed by atoms with van der Waals surface area (Å²) < 4.78 is 6.42. The molecule has 0 aliphatic heterocycles. The molecule has 2 heteroatoms. The van der Waals surface area contributed by atoms with E-state index in [1.54, 1.807) is 0 Å². The molecule has 0 atom stereocenters. The molecule has 0 bridgehead atoms. The molecular weight excluding hydrogens is 607 g/mol. The molecule has 0 saturated carbocycles. The molecule has 0 amide bonds. The molecule has 0 fully saturated rings. The first-order valence-corrected chi connectivity index (χ1v) is 17.1. The van der Waals surface area contributed by atoms with Crippen molar-refractivity contribution in [2.75, 3.05) is 4.90 Å². The standard InChI is InChI=1S/C48H31NO/c1-2-13-34-30-35(25-24-32(34)12-1)33-26-28-37(29-27-33)49(45-21-11-23-47-48(45)42-19-8-10-22-46(42)50-47)44-20-9-7-18-41(44)43-31-36-14-3-4-15-38(36)39-16-5-6-17-40(39)43/h1-31H. The largest absolute Gasteiger partial charge is 0.456 e. The van der Waals surface area contributed by atoms with Crippen molar-refractivity contribution in [2.45, 2.75) is 0 Å². The predicted octanol–water partition coefficient (Wildman–Crippen LogP) is 13.8. The van der Waals surface area contributed by atoms with Crippen molar-refractivity contribution in [3.63, 3.8) is 0 Å². The zero-order chi connectivity index (χ0) is 33.0. The number of fused-ring (bicyclic) bond motifs is 7. The summed E-state index contributed by atoms with van der Waals surface area (Å²) in [5.41, 5.74) is 9.76. The Kier molecular flexibility index (Phi) is 6.53. The zero-order valence-corrected chi connectivity index (χ0v) is 27.3. The highest BCUT2D eigenvalue weighted by Gasteiger charge is 2.23. The molecule has 0 saturated heterocycles. The Labute approximate surface area is 290 Å². The van der Waals surface area contributed by atoms with Crippen molar-refractivity contribution in [1.29, 1.82) is 0 Å². The summed E-state index contributed by atoms with van der Waals surface area (Å²) in [6.07, 6.45) is 0. The number of rotatable bonds is 5. The van der Waals surface area contributed by atoms with Gasteiger partial charge in [0.05, 0.1) is 16.8 Å². The van der Waals surface area contributed by atoms with Crippen LogP contribution >= 0.6 is 0 Å². The van der Waals surface area contributed by atoms with Crippen LogP contribution in [-0.2, 0) is 0 Å². The summed E-state index contributed by atoms with van der Waals surface area (Å²) in [5.74, 6) is 0. The van der Waals surface area contributed by atoms with Crippen LogP contribution in [0.1, 0.15) is 0 Å². The van der Waals surface area contributed by atoms with Gasteiger partial charge in [-0.1, -0.05) is 140 Å². The molecule has 1 aromatic heterocycles. The maximum atomic E-state index is 6.42. The molecule has 9 aromatic carbocycles. The Morgan fingerprint density at radius 3 is 1.82 bits per heavy atom. The minimum Gasteiger partial charge on any atom is -0.456 e. The third-order valence-corrected chi connectivity index (χ3v) is 10.0. The van der Waals surface area contributed by atoms with Crippen LogP contribution in [0, 0.1) is 0 Å². The molecule has 234 valence electrons. The second kappa shape index (κ2) is 11.5. The minimum absolute atomic E-state index is 0.870. The van der Waals surface area contributed by atoms with Crippen molar-refractivity contribution in [1.82, 2.24) is 0 Å². The molecule has 0 unspecified atom stereocenters. The van der Waals surface area contributed by atoms with Gasteiger partial charge in [-0.2, -0.15) is 0 Å². The fourth-order valence-electron chi connectivity index (χ4n) is 7.70. The van der Waals surface area contributed by atoms with Crippen LogP contribution in [0.3, 0.4) is 0 Å². The van der Waals surface area contributed by atoms with Crippen LogP contribution in [0.4, 0.5) is 17.1 Å². The normalized spacial score (nSPS) is 11.6. The van der Waals surface area contributed by atoms with E-state index in [9.17, 15) is 0 Å². The summed E-state index contributed by atoms with van der Waals surface area (Å²) in [6, 6.07) is 67.6. The Morgan fingerprint density at radius 2 is 0.960 bits per heavy atom. The van der Waals surface area contributed by atoms with Crippen molar-refractivity contribution >= 4 is 71.3 Å². The van der Waals surface area contributed by atoms with Crippen molar-refractivity contribution in [2.24, 2.45) is 0 Å². The number of hydrogen-bond donors (Lipinski definition) is 0. The molecule has 50 heavy (non-hydrogen) atoms. The molecule has 0 aliphatic rings. The van der Waals surface area contributed by atoms with E-state index in [-0.39, 0.29) is 0 Å². The third kappa shape index (κ3) is 4.57. The van der Waals surface area contributed by atoms with Crippen LogP contribution in [0.5, 0.6) is 0 Å². The topological polar surface area (TPSA) is 16.4 Å². The van der Waals surface area contributed by atoms with Crippen LogP contribution in [0.15, 0.2) is 192 Å². The Morgan fingerprint density at radius 1 is 0.340 bits per heavy atom. The maximum Gasteiger partial charge on any atom is 0.137 e. The molecule has 0 aliphatic carbocycles. The monoisotopic (exact) mass is 637 g/mol. The van der Waals surface area contributed by atoms with Gasteiger partial charge in [-0.3, -0.25) is 0 Å². The van der Waals surface area contributed by atoms with E-state index in [2.05, 4.69) is 187 Å². The highest BCUT2D eigenvalue weighted by Crippen LogP contribution is 2.47. The molecule has 0 spiro atoms. The number of anilines is 3. The first-order chi connectivity index (χ1) is 24.8. The van der Waals surface area contributed by atoms with E-state index < -0.39 is 0 Å². The van der Waals surface area contributed by atoms with Gasteiger partial charge < -0.3 is 9.32 Å². The quantitative estimate of drug-likeness (QED) is 0.175. The summed E-state index contributed by atoms with van der Waals surface area (Å²) in [5, 5.41) is 9.67. The molecule has 10 rings (SSSR count). The predicted molar refractivity (Wildman–Crippen MR) is 212 cm³/mol. The number of furan rings is 1. The van der Waals surface area contributed by atoms with Crippen LogP contribution in [-0.4, -0.2) is 0 Å². The van der Waals surface area contributed by atoms with Crippen molar-refractivity contribution in [3.8, 4) is 22.3 Å². The van der Waals surface area contributed by atoms with E-state index in [4.69, 9.17) is 4.42 Å². The lowest BCUT2D eigenvalue weighted by Crippen LogP contribution is -2.11. The third-order valence-electron chi connectivity index (χ3n) is 10.0. The van der Waals surface area contributed by atoms with Crippen LogP contribution < -0.4 is 4.90 Å². The van der Waals surface area contributed by atoms with Gasteiger partial charge in [0, 0.05) is 16.6 Å². The number of nitrogens with zero attached hydrogens (tertiary/aromatic N) is 1. The lowest BCUT2D eigenvalue weighted by Gasteiger charge is -2.29. The van der Waals surface area contributed by atoms with E-state index in [1.807, 2.05) is 6.07 Å². The fourth-order valence-corrected chi connectivity index (χ4v) is 7.70. The second-order valence-corrected chi connectivity index (χ2v) is 12.9. The number of para-hydroxylation sites is 2. The van der Waals surface area contributed by atoms with E-state index in [1.165, 1.54) is 49.0 Å². The Bertz CT molecular complexity index is 2880. The van der Waals surface area contributed by atoms with Gasteiger partial charge in [0.1, 0.15) is 11.2 Å². The molecule has 1 heterocycles. The van der Waals surface area contributed by atoms with Crippen molar-refractivity contribution < 1.29 is 4.42 Å². The Hall–Kier alpha value is -6.64. The van der Waals surface area contributed by atoms with Crippen LogP contribution in [0.25, 0.3) is 76.5 Å². The average molecular weight is 638 g/mol. The number of benzene rings is 9. The van der Waals surface area contributed by atoms with Gasteiger partial charge in [-0.25, -0.2) is 0 Å². The van der Waals surface area contributed by atoms with Gasteiger partial charge in [-0.15, -0.1) is 0 Å². The first kappa shape index (κ1) is 28.4. The van der Waals surface area contributed by atoms with Gasteiger partial charge >= 0.3 is 0 Å². The van der Waals surface area contributed by atoms with E-state index in [0.717, 1.165) is 44.6 Å². The van der Waals surface area contributed by atoms with Crippen LogP contribution in [0.2, 0.25) is 0 Å². The van der Waals surface area contributed by atoms with E-state index >= 15 is 0 Å². The summed E-state index contributed by atoms with van der Waals surface area (Å²) in [7, 11) is 0.